The number of sulfonamides is 1. The largest absolute Gasteiger partial charge is 0.460 e. The van der Waals surface area contributed by atoms with Crippen LogP contribution in [-0.2, 0) is 56.6 Å². The smallest absolute Gasteiger partial charge is 0.410 e. The van der Waals surface area contributed by atoms with Crippen LogP contribution in [0.1, 0.15) is 104 Å². The van der Waals surface area contributed by atoms with Crippen molar-refractivity contribution in [2.24, 2.45) is 22.7 Å². The van der Waals surface area contributed by atoms with Gasteiger partial charge in [0.2, 0.25) is 27.6 Å². The molecule has 5 atom stereocenters. The Hall–Kier alpha value is -4.58. The number of ether oxygens (including phenoxy) is 2. The van der Waals surface area contributed by atoms with Crippen LogP contribution in [0.15, 0.2) is 30.9 Å². The fourth-order valence-electron chi connectivity index (χ4n) is 7.22. The summed E-state index contributed by atoms with van der Waals surface area (Å²) in [5.74, 6) is 0.176. The second-order valence-electron chi connectivity index (χ2n) is 17.5. The number of amides is 3. The van der Waals surface area contributed by atoms with E-state index in [4.69, 9.17) is 9.47 Å². The Morgan fingerprint density at radius 3 is 2.38 bits per heavy atom. The van der Waals surface area contributed by atoms with Crippen molar-refractivity contribution in [1.82, 2.24) is 14.5 Å². The average molecular weight is 798 g/mol. The van der Waals surface area contributed by atoms with Crippen molar-refractivity contribution in [2.45, 2.75) is 129 Å². The van der Waals surface area contributed by atoms with Crippen molar-refractivity contribution >= 4 is 45.5 Å². The van der Waals surface area contributed by atoms with Gasteiger partial charge in [0.05, 0.1) is 36.2 Å². The van der Waals surface area contributed by atoms with Crippen molar-refractivity contribution in [3.63, 3.8) is 0 Å². The fourth-order valence-corrected chi connectivity index (χ4v) is 8.61. The van der Waals surface area contributed by atoms with Crippen LogP contribution in [-0.4, -0.2) is 83.2 Å². The number of nitrogens with zero attached hydrogens (tertiary/aromatic N) is 2. The molecular weight excluding hydrogens is 746 g/mol. The summed E-state index contributed by atoms with van der Waals surface area (Å²) in [7, 11) is -3.93. The van der Waals surface area contributed by atoms with E-state index < -0.39 is 110 Å². The minimum absolute atomic E-state index is 0.0347. The fraction of sp³-hybridized carbons (Fsp3) is 0.610. The van der Waals surface area contributed by atoms with Crippen molar-refractivity contribution < 1.29 is 51.0 Å². The molecule has 2 heterocycles. The van der Waals surface area contributed by atoms with E-state index in [1.807, 2.05) is 20.8 Å². The first-order chi connectivity index (χ1) is 26.0. The number of rotatable bonds is 14. The van der Waals surface area contributed by atoms with Gasteiger partial charge < -0.3 is 14.4 Å². The number of hydrogen-bond donors (Lipinski definition) is 1. The predicted octanol–water partition coefficient (Wildman–Crippen LogP) is 4.75. The molecule has 15 heteroatoms. The molecule has 1 aromatic rings. The summed E-state index contributed by atoms with van der Waals surface area (Å²) >= 11 is 0. The number of hydrogen-bond acceptors (Lipinski definition) is 10. The highest BCUT2D eigenvalue weighted by molar-refractivity contribution is 7.90. The number of fused-ring (bicyclic) bond motifs is 1. The molecule has 0 spiro atoms. The number of halogens is 1. The summed E-state index contributed by atoms with van der Waals surface area (Å²) in [6, 6.07) is 3.32. The van der Waals surface area contributed by atoms with E-state index in [2.05, 4.69) is 23.1 Å². The molecule has 3 fully saturated rings. The number of benzene rings is 1. The summed E-state index contributed by atoms with van der Waals surface area (Å²) in [5.41, 5.74) is -1.76. The molecule has 5 rings (SSSR count). The molecular formula is C41H52FN3O10S. The van der Waals surface area contributed by atoms with Crippen LogP contribution in [0.5, 0.6) is 0 Å². The van der Waals surface area contributed by atoms with Gasteiger partial charge >= 0.3 is 12.1 Å². The number of Topliss-reactive ketones (excluding diaryl/α,β-unsaturated/α-hetero) is 2. The minimum atomic E-state index is -3.93. The predicted molar refractivity (Wildman–Crippen MR) is 202 cm³/mol. The van der Waals surface area contributed by atoms with Gasteiger partial charge in [-0.2, -0.15) is 0 Å². The van der Waals surface area contributed by atoms with Gasteiger partial charge in [-0.15, -0.1) is 6.58 Å². The molecule has 0 aromatic heterocycles. The molecule has 2 aliphatic carbocycles. The summed E-state index contributed by atoms with van der Waals surface area (Å²) in [5, 5.41) is -0.674. The van der Waals surface area contributed by atoms with E-state index in [9.17, 15) is 41.6 Å². The maximum Gasteiger partial charge on any atom is 0.410 e. The van der Waals surface area contributed by atoms with Gasteiger partial charge in [0.1, 0.15) is 17.5 Å². The van der Waals surface area contributed by atoms with Gasteiger partial charge in [-0.3, -0.25) is 33.6 Å². The van der Waals surface area contributed by atoms with Crippen LogP contribution < -0.4 is 4.72 Å². The Morgan fingerprint density at radius 2 is 1.79 bits per heavy atom. The molecule has 56 heavy (non-hydrogen) atoms. The molecule has 0 unspecified atom stereocenters. The first-order valence-electron chi connectivity index (χ1n) is 19.0. The molecule has 1 N–H and O–H groups in total. The Labute approximate surface area is 328 Å². The lowest BCUT2D eigenvalue weighted by molar-refractivity contribution is -0.159. The molecule has 0 radical (unpaired) electrons. The highest BCUT2D eigenvalue weighted by Gasteiger charge is 2.61. The quantitative estimate of drug-likeness (QED) is 0.120. The zero-order valence-corrected chi connectivity index (χ0v) is 33.8. The van der Waals surface area contributed by atoms with E-state index in [0.717, 1.165) is 0 Å². The highest BCUT2D eigenvalue weighted by Crippen LogP contribution is 2.57. The van der Waals surface area contributed by atoms with Gasteiger partial charge in [-0.05, 0) is 90.7 Å². The molecule has 304 valence electrons. The molecule has 1 saturated heterocycles. The monoisotopic (exact) mass is 797 g/mol. The summed E-state index contributed by atoms with van der Waals surface area (Å²) < 4.78 is 53.4. The summed E-state index contributed by atoms with van der Waals surface area (Å²) in [6.07, 6.45) is -0.547. The number of carbonyl (C=O) groups is 6. The van der Waals surface area contributed by atoms with Crippen LogP contribution in [0.3, 0.4) is 0 Å². The first kappa shape index (κ1) is 42.6. The second-order valence-corrected chi connectivity index (χ2v) is 19.4. The van der Waals surface area contributed by atoms with E-state index >= 15 is 0 Å². The Morgan fingerprint density at radius 1 is 1.09 bits per heavy atom. The molecule has 2 saturated carbocycles. The van der Waals surface area contributed by atoms with Crippen LogP contribution in [0.2, 0.25) is 0 Å². The lowest BCUT2D eigenvalue weighted by Gasteiger charge is -2.29. The Bertz CT molecular complexity index is 1970. The van der Waals surface area contributed by atoms with E-state index in [1.54, 1.807) is 32.9 Å². The zero-order valence-electron chi connectivity index (χ0n) is 32.9. The summed E-state index contributed by atoms with van der Waals surface area (Å²) in [4.78, 5) is 84.2. The standard InChI is InChI=1S/C41H52FN3O10S/c1-8-27-20-41(27,37(50)43-56(52,53)30-14-15-30)21-34(47)33-19-29(54-38(51)44-22-26-10-9-11-32(42)31(26)24-44)23-45(33)36(49)25(18-35(48)55-40(5,6)7)12-13-28(46)16-17-39(2,3)4/h8-11,25,27,29-30,33H,1,12-15,18-24H2,2-7H3,(H,43,50)/t25-,27-,29-,33+,41-/m1/s1. The van der Waals surface area contributed by atoms with E-state index in [1.165, 1.54) is 21.9 Å². The third kappa shape index (κ3) is 10.4. The Balaban J connectivity index is 1.40. The molecule has 2 aliphatic heterocycles. The zero-order chi connectivity index (χ0) is 41.4. The van der Waals surface area contributed by atoms with Crippen LogP contribution >= 0.6 is 0 Å². The number of carbonyl (C=O) groups excluding carboxylic acids is 6. The van der Waals surface area contributed by atoms with Gasteiger partial charge in [0.25, 0.3) is 0 Å². The normalized spacial score (nSPS) is 23.6. The summed E-state index contributed by atoms with van der Waals surface area (Å²) in [6.45, 7) is 14.1. The first-order valence-corrected chi connectivity index (χ1v) is 20.6. The molecule has 1 aromatic carbocycles. The second kappa shape index (κ2) is 16.1. The third-order valence-corrected chi connectivity index (χ3v) is 12.2. The molecule has 4 aliphatic rings. The number of likely N-dealkylation sites (tertiary alicyclic amines) is 1. The van der Waals surface area contributed by atoms with E-state index in [-0.39, 0.29) is 45.3 Å². The average Bonchev–Trinajstić information content (AvgIpc) is 3.98. The lowest BCUT2D eigenvalue weighted by atomic mass is 9.90. The van der Waals surface area contributed by atoms with Gasteiger partial charge in [0.15, 0.2) is 5.78 Å². The Kier molecular flexibility index (Phi) is 12.2. The topological polar surface area (TPSA) is 174 Å². The molecule has 3 amide bonds. The van der Waals surface area contributed by atoms with Crippen molar-refractivity contribution in [2.75, 3.05) is 6.54 Å². The van der Waals surface area contributed by atoms with Gasteiger partial charge in [-0.25, -0.2) is 17.6 Å². The SMILES string of the molecule is C=C[C@@H]1C[C@]1(CC(=O)[C@@H]1C[C@@H](OC(=O)N2Cc3cccc(F)c3C2)CN1C(=O)[C@H](CCC(=O)C#CC(C)(C)C)CC(=O)OC(C)(C)C)C(=O)NS(=O)(=O)C1CC1. The molecule has 0 bridgehead atoms. The maximum atomic E-state index is 14.5. The molecule has 13 nitrogen and oxygen atoms in total. The van der Waals surface area contributed by atoms with Gasteiger partial charge in [-0.1, -0.05) is 24.1 Å². The van der Waals surface area contributed by atoms with E-state index in [0.29, 0.717) is 24.0 Å². The van der Waals surface area contributed by atoms with Crippen LogP contribution in [0.25, 0.3) is 0 Å². The lowest BCUT2D eigenvalue weighted by Crippen LogP contribution is -2.46. The third-order valence-electron chi connectivity index (χ3n) is 10.4. The number of esters is 1. The van der Waals surface area contributed by atoms with Crippen LogP contribution in [0, 0.1) is 40.3 Å². The number of ketones is 2. The maximum absolute atomic E-state index is 14.5. The highest BCUT2D eigenvalue weighted by atomic mass is 32.2. The minimum Gasteiger partial charge on any atom is -0.460 e. The van der Waals surface area contributed by atoms with Crippen molar-refractivity contribution in [1.29, 1.82) is 0 Å². The van der Waals surface area contributed by atoms with Crippen LogP contribution in [0.4, 0.5) is 9.18 Å². The number of nitrogens with one attached hydrogen (secondary N) is 1. The van der Waals surface area contributed by atoms with Crippen molar-refractivity contribution in [3.05, 3.63) is 47.8 Å². The van der Waals surface area contributed by atoms with Gasteiger partial charge in [0, 0.05) is 42.7 Å². The van der Waals surface area contributed by atoms with Crippen molar-refractivity contribution in [3.8, 4) is 11.8 Å². The number of allylic oxidation sites excluding steroid dienone is 1.